The molecule has 0 saturated carbocycles. The Hall–Kier alpha value is -5.92. The fourth-order valence-electron chi connectivity index (χ4n) is 10.5. The summed E-state index contributed by atoms with van der Waals surface area (Å²) in [5, 5.41) is 0. The molecule has 0 amide bonds. The first-order chi connectivity index (χ1) is 26.0. The largest absolute Gasteiger partial charge is 0.314 e. The van der Waals surface area contributed by atoms with Crippen LogP contribution >= 0.6 is 0 Å². The van der Waals surface area contributed by atoms with Crippen LogP contribution in [0, 0.1) is 0 Å². The molecule has 0 aliphatic heterocycles. The second kappa shape index (κ2) is 11.3. The molecule has 53 heavy (non-hydrogen) atoms. The number of nitrogens with zero attached hydrogens (tertiary/aromatic N) is 1. The van der Waals surface area contributed by atoms with Gasteiger partial charge in [-0.2, -0.15) is 0 Å². The Labute approximate surface area is 313 Å². The first-order valence-corrected chi connectivity index (χ1v) is 19.3. The van der Waals surface area contributed by atoms with Gasteiger partial charge in [0.25, 0.3) is 0 Å². The number of hydrogen-bond donors (Lipinski definition) is 0. The smallest absolute Gasteiger partial charge is 0.0726 e. The predicted octanol–water partition coefficient (Wildman–Crippen LogP) is 13.4. The van der Waals surface area contributed by atoms with Gasteiger partial charge in [-0.3, -0.25) is 0 Å². The number of benzene rings is 6. The maximum atomic E-state index is 2.57. The average molecular weight is 680 g/mol. The van der Waals surface area contributed by atoms with Gasteiger partial charge in [-0.25, -0.2) is 0 Å². The van der Waals surface area contributed by atoms with Gasteiger partial charge in [0.1, 0.15) is 0 Å². The monoisotopic (exact) mass is 679 g/mol. The summed E-state index contributed by atoms with van der Waals surface area (Å²) in [6, 6.07) is 50.9. The molecule has 11 rings (SSSR count). The van der Waals surface area contributed by atoms with Crippen molar-refractivity contribution in [3.05, 3.63) is 214 Å². The number of hydrogen-bond acceptors (Lipinski definition) is 1. The van der Waals surface area contributed by atoms with Gasteiger partial charge in [0.05, 0.1) is 5.41 Å². The van der Waals surface area contributed by atoms with Crippen LogP contribution in [0.4, 0.5) is 11.4 Å². The van der Waals surface area contributed by atoms with E-state index in [9.17, 15) is 0 Å². The normalized spacial score (nSPS) is 17.5. The first-order valence-electron chi connectivity index (χ1n) is 19.3. The third-order valence-electron chi connectivity index (χ3n) is 12.9. The van der Waals surface area contributed by atoms with Crippen LogP contribution in [-0.4, -0.2) is 0 Å². The Morgan fingerprint density at radius 3 is 1.47 bits per heavy atom. The summed E-state index contributed by atoms with van der Waals surface area (Å²) in [7, 11) is 0. The summed E-state index contributed by atoms with van der Waals surface area (Å²) in [5.74, 6) is 0. The highest BCUT2D eigenvalue weighted by molar-refractivity contribution is 5.96. The van der Waals surface area contributed by atoms with Crippen molar-refractivity contribution in [3.63, 3.8) is 0 Å². The van der Waals surface area contributed by atoms with Crippen molar-refractivity contribution in [2.45, 2.75) is 50.4 Å². The number of allylic oxidation sites excluding steroid dienone is 8. The second-order valence-corrected chi connectivity index (χ2v) is 15.9. The molecular weight excluding hydrogens is 639 g/mol. The van der Waals surface area contributed by atoms with E-state index in [1.807, 2.05) is 0 Å². The maximum absolute atomic E-state index is 2.57. The topological polar surface area (TPSA) is 3.24 Å². The molecule has 0 heterocycles. The lowest BCUT2D eigenvalue weighted by Crippen LogP contribution is -2.26. The fraction of sp³-hybridized carbons (Fsp3) is 0.154. The van der Waals surface area contributed by atoms with Crippen molar-refractivity contribution < 1.29 is 0 Å². The van der Waals surface area contributed by atoms with Crippen molar-refractivity contribution >= 4 is 11.4 Å². The van der Waals surface area contributed by atoms with Crippen LogP contribution in [0.5, 0.6) is 0 Å². The Morgan fingerprint density at radius 2 is 0.925 bits per heavy atom. The van der Waals surface area contributed by atoms with E-state index in [2.05, 4.69) is 183 Å². The van der Waals surface area contributed by atoms with Crippen LogP contribution in [0.15, 0.2) is 181 Å². The molecule has 1 heteroatoms. The molecule has 0 aromatic heterocycles. The van der Waals surface area contributed by atoms with E-state index < -0.39 is 0 Å². The molecule has 254 valence electrons. The molecule has 6 aromatic rings. The number of rotatable bonds is 4. The van der Waals surface area contributed by atoms with Crippen LogP contribution in [0.1, 0.15) is 72.9 Å². The Kier molecular flexibility index (Phi) is 6.54. The molecule has 0 saturated heterocycles. The van der Waals surface area contributed by atoms with Gasteiger partial charge >= 0.3 is 0 Å². The van der Waals surface area contributed by atoms with Gasteiger partial charge < -0.3 is 4.90 Å². The summed E-state index contributed by atoms with van der Waals surface area (Å²) in [6.07, 6.45) is 15.9. The quantitative estimate of drug-likeness (QED) is 0.179. The molecule has 1 spiro atoms. The molecule has 5 aliphatic carbocycles. The van der Waals surface area contributed by atoms with Gasteiger partial charge in [-0.1, -0.05) is 147 Å². The second-order valence-electron chi connectivity index (χ2n) is 15.9. The van der Waals surface area contributed by atoms with Gasteiger partial charge in [-0.15, -0.1) is 0 Å². The summed E-state index contributed by atoms with van der Waals surface area (Å²) in [5.41, 5.74) is 22.7. The minimum atomic E-state index is -0.378. The summed E-state index contributed by atoms with van der Waals surface area (Å²) < 4.78 is 0. The predicted molar refractivity (Wildman–Crippen MR) is 221 cm³/mol. The molecule has 5 aliphatic rings. The lowest BCUT2D eigenvalue weighted by molar-refractivity contribution is 0.660. The van der Waals surface area contributed by atoms with E-state index in [1.54, 1.807) is 0 Å². The molecule has 6 aromatic carbocycles. The zero-order valence-corrected chi connectivity index (χ0v) is 30.4. The summed E-state index contributed by atoms with van der Waals surface area (Å²) >= 11 is 0. The molecule has 0 N–H and O–H groups in total. The molecule has 0 atom stereocenters. The third-order valence-corrected chi connectivity index (χ3v) is 12.9. The molecule has 0 bridgehead atoms. The van der Waals surface area contributed by atoms with Crippen LogP contribution in [0.3, 0.4) is 0 Å². The van der Waals surface area contributed by atoms with Crippen LogP contribution < -0.4 is 4.90 Å². The van der Waals surface area contributed by atoms with Gasteiger partial charge in [-0.05, 0) is 134 Å². The standard InChI is InChI=1S/C52H41N/c1-51(2)45-20-10-6-16-39(45)43-30-28-37(32-49(43)51)53(36-26-24-35(25-27-36)34-14-4-3-5-15-34)38-29-31-44-42-19-9-13-23-48(42)52(50(44)33-38)46-21-11-7-17-40(46)41-18-8-12-22-47(41)52/h3-4,6-14,16-24,26,28-33H,5,15,25,27H2,1-2H3. The van der Waals surface area contributed by atoms with E-state index in [0.29, 0.717) is 0 Å². The fourth-order valence-corrected chi connectivity index (χ4v) is 10.5. The number of anilines is 2. The van der Waals surface area contributed by atoms with Crippen molar-refractivity contribution in [1.82, 2.24) is 0 Å². The van der Waals surface area contributed by atoms with E-state index in [-0.39, 0.29) is 10.8 Å². The van der Waals surface area contributed by atoms with E-state index in [0.717, 1.165) is 25.7 Å². The molecule has 0 radical (unpaired) electrons. The lowest BCUT2D eigenvalue weighted by atomic mass is 9.70. The van der Waals surface area contributed by atoms with Gasteiger partial charge in [0, 0.05) is 22.5 Å². The van der Waals surface area contributed by atoms with Crippen molar-refractivity contribution in [2.24, 2.45) is 0 Å². The molecule has 1 nitrogen and oxygen atoms in total. The average Bonchev–Trinajstić information content (AvgIpc) is 3.77. The zero-order valence-electron chi connectivity index (χ0n) is 30.4. The zero-order chi connectivity index (χ0) is 35.3. The first kappa shape index (κ1) is 30.7. The Balaban J connectivity index is 1.14. The van der Waals surface area contributed by atoms with Crippen molar-refractivity contribution in [3.8, 4) is 33.4 Å². The highest BCUT2D eigenvalue weighted by atomic mass is 15.1. The van der Waals surface area contributed by atoms with Crippen LogP contribution in [-0.2, 0) is 10.8 Å². The Morgan fingerprint density at radius 1 is 0.434 bits per heavy atom. The SMILES string of the molecule is CC1(C)c2ccccc2-c2ccc(N(C3=CC=C(C4=CC=CCC4)CC3)c3ccc4c(c3)C3(c5ccccc5-c5ccccc53)c3ccccc3-4)cc21. The molecular formula is C52H41N. The summed E-state index contributed by atoms with van der Waals surface area (Å²) in [4.78, 5) is 2.57. The van der Waals surface area contributed by atoms with Crippen LogP contribution in [0.2, 0.25) is 0 Å². The minimum Gasteiger partial charge on any atom is -0.314 e. The highest BCUT2D eigenvalue weighted by Gasteiger charge is 2.51. The highest BCUT2D eigenvalue weighted by Crippen LogP contribution is 2.63. The van der Waals surface area contributed by atoms with Crippen molar-refractivity contribution in [2.75, 3.05) is 4.90 Å². The maximum Gasteiger partial charge on any atom is 0.0726 e. The molecule has 0 fully saturated rings. The van der Waals surface area contributed by atoms with E-state index >= 15 is 0 Å². The van der Waals surface area contributed by atoms with E-state index in [4.69, 9.17) is 0 Å². The van der Waals surface area contributed by atoms with Crippen molar-refractivity contribution in [1.29, 1.82) is 0 Å². The molecule has 0 unspecified atom stereocenters. The Bertz CT molecular complexity index is 2590. The lowest BCUT2D eigenvalue weighted by Gasteiger charge is -2.34. The van der Waals surface area contributed by atoms with Crippen LogP contribution in [0.25, 0.3) is 33.4 Å². The van der Waals surface area contributed by atoms with E-state index in [1.165, 1.54) is 95.0 Å². The van der Waals surface area contributed by atoms with Gasteiger partial charge in [0.15, 0.2) is 0 Å². The third kappa shape index (κ3) is 4.20. The van der Waals surface area contributed by atoms with Gasteiger partial charge in [0.2, 0.25) is 0 Å². The number of fused-ring (bicyclic) bond motifs is 13. The minimum absolute atomic E-state index is 0.0799. The summed E-state index contributed by atoms with van der Waals surface area (Å²) in [6.45, 7) is 4.77.